The van der Waals surface area contributed by atoms with Gasteiger partial charge in [0.1, 0.15) is 5.54 Å². The van der Waals surface area contributed by atoms with E-state index in [1.165, 1.54) is 12.0 Å². The zero-order chi connectivity index (χ0) is 12.6. The summed E-state index contributed by atoms with van der Waals surface area (Å²) in [6.07, 6.45) is 5.79. The first kappa shape index (κ1) is 11.6. The molecule has 1 aliphatic carbocycles. The molecule has 0 atom stereocenters. The van der Waals surface area contributed by atoms with Crippen LogP contribution in [-0.2, 0) is 11.2 Å². The SMILES string of the molecule is O=C(O)C1(N2CCc3ccccc32)CCCCC1. The predicted octanol–water partition coefficient (Wildman–Crippen LogP) is 2.84. The lowest BCUT2D eigenvalue weighted by Gasteiger charge is -2.42. The Morgan fingerprint density at radius 2 is 1.89 bits per heavy atom. The van der Waals surface area contributed by atoms with Crippen molar-refractivity contribution >= 4 is 11.7 Å². The first-order chi connectivity index (χ1) is 8.74. The number of fused-ring (bicyclic) bond motifs is 1. The van der Waals surface area contributed by atoms with Crippen LogP contribution < -0.4 is 4.90 Å². The number of anilines is 1. The molecule has 0 saturated heterocycles. The zero-order valence-electron chi connectivity index (χ0n) is 10.6. The fourth-order valence-electron chi connectivity index (χ4n) is 3.52. The Hall–Kier alpha value is -1.51. The Balaban J connectivity index is 2.00. The van der Waals surface area contributed by atoms with Crippen LogP contribution in [0.25, 0.3) is 0 Å². The van der Waals surface area contributed by atoms with Crippen LogP contribution in [-0.4, -0.2) is 23.2 Å². The summed E-state index contributed by atoms with van der Waals surface area (Å²) in [4.78, 5) is 14.0. The Labute approximate surface area is 107 Å². The molecular formula is C15H19NO2. The van der Waals surface area contributed by atoms with Crippen LogP contribution in [0.15, 0.2) is 24.3 Å². The first-order valence-electron chi connectivity index (χ1n) is 6.83. The number of carboxylic acids is 1. The van der Waals surface area contributed by atoms with Gasteiger partial charge in [0, 0.05) is 12.2 Å². The first-order valence-corrected chi connectivity index (χ1v) is 6.83. The third kappa shape index (κ3) is 1.61. The maximum atomic E-state index is 11.8. The standard InChI is InChI=1S/C15H19NO2/c17-14(18)15(9-4-1-5-10-15)16-11-8-12-6-2-3-7-13(12)16/h2-3,6-7H,1,4-5,8-11H2,(H,17,18). The minimum atomic E-state index is -0.648. The summed E-state index contributed by atoms with van der Waals surface area (Å²) in [6.45, 7) is 0.853. The van der Waals surface area contributed by atoms with Crippen molar-refractivity contribution < 1.29 is 9.90 Å². The van der Waals surface area contributed by atoms with E-state index in [9.17, 15) is 9.90 Å². The summed E-state index contributed by atoms with van der Waals surface area (Å²) < 4.78 is 0. The third-order valence-electron chi connectivity index (χ3n) is 4.48. The van der Waals surface area contributed by atoms with Crippen LogP contribution in [0, 0.1) is 0 Å². The summed E-state index contributed by atoms with van der Waals surface area (Å²) >= 11 is 0. The molecule has 1 aliphatic heterocycles. The highest BCUT2D eigenvalue weighted by molar-refractivity contribution is 5.85. The summed E-state index contributed by atoms with van der Waals surface area (Å²) in [5, 5.41) is 9.73. The lowest BCUT2D eigenvalue weighted by Crippen LogP contribution is -2.55. The van der Waals surface area contributed by atoms with Crippen molar-refractivity contribution in [3.8, 4) is 0 Å². The summed E-state index contributed by atoms with van der Waals surface area (Å²) in [7, 11) is 0. The molecule has 1 fully saturated rings. The number of nitrogens with zero attached hydrogens (tertiary/aromatic N) is 1. The quantitative estimate of drug-likeness (QED) is 0.871. The van der Waals surface area contributed by atoms with Crippen molar-refractivity contribution in [3.05, 3.63) is 29.8 Å². The number of carbonyl (C=O) groups is 1. The highest BCUT2D eigenvalue weighted by Crippen LogP contribution is 2.41. The molecule has 3 rings (SSSR count). The third-order valence-corrected chi connectivity index (χ3v) is 4.48. The largest absolute Gasteiger partial charge is 0.479 e. The Bertz CT molecular complexity index is 463. The van der Waals surface area contributed by atoms with Gasteiger partial charge in [0.2, 0.25) is 0 Å². The second kappa shape index (κ2) is 4.30. The van der Waals surface area contributed by atoms with Gasteiger partial charge in [0.15, 0.2) is 0 Å². The van der Waals surface area contributed by atoms with Crippen molar-refractivity contribution in [1.29, 1.82) is 0 Å². The van der Waals surface area contributed by atoms with E-state index in [0.717, 1.165) is 44.3 Å². The van der Waals surface area contributed by atoms with Gasteiger partial charge in [-0.05, 0) is 30.9 Å². The number of para-hydroxylation sites is 1. The van der Waals surface area contributed by atoms with Crippen LogP contribution in [0.5, 0.6) is 0 Å². The van der Waals surface area contributed by atoms with Crippen molar-refractivity contribution in [1.82, 2.24) is 0 Å². The van der Waals surface area contributed by atoms with Crippen molar-refractivity contribution in [2.75, 3.05) is 11.4 Å². The van der Waals surface area contributed by atoms with E-state index in [-0.39, 0.29) is 0 Å². The molecule has 0 unspecified atom stereocenters. The van der Waals surface area contributed by atoms with Gasteiger partial charge < -0.3 is 10.0 Å². The summed E-state index contributed by atoms with van der Waals surface area (Å²) in [5.41, 5.74) is 1.79. The zero-order valence-corrected chi connectivity index (χ0v) is 10.6. The highest BCUT2D eigenvalue weighted by atomic mass is 16.4. The molecule has 0 spiro atoms. The molecule has 18 heavy (non-hydrogen) atoms. The van der Waals surface area contributed by atoms with Gasteiger partial charge in [-0.15, -0.1) is 0 Å². The predicted molar refractivity (Wildman–Crippen MR) is 70.9 cm³/mol. The summed E-state index contributed by atoms with van der Waals surface area (Å²) in [5.74, 6) is -0.640. The molecule has 3 nitrogen and oxygen atoms in total. The molecule has 2 aliphatic rings. The molecule has 1 saturated carbocycles. The van der Waals surface area contributed by atoms with Gasteiger partial charge in [0.05, 0.1) is 0 Å². The number of hydrogen-bond acceptors (Lipinski definition) is 2. The van der Waals surface area contributed by atoms with Gasteiger partial charge in [-0.25, -0.2) is 4.79 Å². The Morgan fingerprint density at radius 3 is 2.61 bits per heavy atom. The Morgan fingerprint density at radius 1 is 1.17 bits per heavy atom. The number of benzene rings is 1. The van der Waals surface area contributed by atoms with Crippen LogP contribution in [0.1, 0.15) is 37.7 Å². The monoisotopic (exact) mass is 245 g/mol. The smallest absolute Gasteiger partial charge is 0.329 e. The normalized spacial score (nSPS) is 21.7. The van der Waals surface area contributed by atoms with E-state index in [0.29, 0.717) is 0 Å². The van der Waals surface area contributed by atoms with E-state index in [1.807, 2.05) is 12.1 Å². The molecule has 1 aromatic carbocycles. The van der Waals surface area contributed by atoms with E-state index >= 15 is 0 Å². The fraction of sp³-hybridized carbons (Fsp3) is 0.533. The van der Waals surface area contributed by atoms with Gasteiger partial charge in [0.25, 0.3) is 0 Å². The van der Waals surface area contributed by atoms with Gasteiger partial charge in [-0.1, -0.05) is 37.5 Å². The molecule has 1 heterocycles. The maximum absolute atomic E-state index is 11.8. The van der Waals surface area contributed by atoms with Crippen LogP contribution in [0.4, 0.5) is 5.69 Å². The fourth-order valence-corrected chi connectivity index (χ4v) is 3.52. The molecule has 3 heteroatoms. The number of rotatable bonds is 2. The number of aliphatic carboxylic acids is 1. The van der Waals surface area contributed by atoms with Crippen molar-refractivity contribution in [2.45, 2.75) is 44.1 Å². The van der Waals surface area contributed by atoms with Gasteiger partial charge >= 0.3 is 5.97 Å². The van der Waals surface area contributed by atoms with Crippen LogP contribution >= 0.6 is 0 Å². The maximum Gasteiger partial charge on any atom is 0.329 e. The number of hydrogen-bond donors (Lipinski definition) is 1. The molecule has 0 bridgehead atoms. The minimum Gasteiger partial charge on any atom is -0.479 e. The topological polar surface area (TPSA) is 40.5 Å². The molecule has 96 valence electrons. The lowest BCUT2D eigenvalue weighted by molar-refractivity contribution is -0.144. The van der Waals surface area contributed by atoms with Crippen molar-refractivity contribution in [2.24, 2.45) is 0 Å². The molecule has 1 N–H and O–H groups in total. The van der Waals surface area contributed by atoms with E-state index in [1.54, 1.807) is 0 Å². The molecular weight excluding hydrogens is 226 g/mol. The molecule has 0 amide bonds. The Kier molecular flexibility index (Phi) is 2.77. The average Bonchev–Trinajstić information content (AvgIpc) is 2.83. The van der Waals surface area contributed by atoms with E-state index < -0.39 is 11.5 Å². The van der Waals surface area contributed by atoms with E-state index in [4.69, 9.17) is 0 Å². The van der Waals surface area contributed by atoms with Crippen molar-refractivity contribution in [3.63, 3.8) is 0 Å². The second-order valence-electron chi connectivity index (χ2n) is 5.43. The molecule has 0 aromatic heterocycles. The average molecular weight is 245 g/mol. The second-order valence-corrected chi connectivity index (χ2v) is 5.43. The van der Waals surface area contributed by atoms with E-state index in [2.05, 4.69) is 17.0 Å². The molecule has 1 aromatic rings. The number of carboxylic acid groups (broad SMARTS) is 1. The summed E-state index contributed by atoms with van der Waals surface area (Å²) in [6, 6.07) is 8.24. The minimum absolute atomic E-state index is 0.640. The van der Waals surface area contributed by atoms with Crippen LogP contribution in [0.2, 0.25) is 0 Å². The van der Waals surface area contributed by atoms with Gasteiger partial charge in [-0.3, -0.25) is 0 Å². The lowest BCUT2D eigenvalue weighted by atomic mass is 9.80. The highest BCUT2D eigenvalue weighted by Gasteiger charge is 2.46. The molecule has 0 radical (unpaired) electrons. The van der Waals surface area contributed by atoms with Crippen LogP contribution in [0.3, 0.4) is 0 Å². The van der Waals surface area contributed by atoms with Gasteiger partial charge in [-0.2, -0.15) is 0 Å².